The number of tetrazole rings is 1. The van der Waals surface area contributed by atoms with E-state index in [2.05, 4.69) is 15.5 Å². The molecule has 1 N–H and O–H groups in total. The fourth-order valence-corrected chi connectivity index (χ4v) is 0.977. The van der Waals surface area contributed by atoms with Gasteiger partial charge in [0.1, 0.15) is 6.54 Å². The first-order valence-corrected chi connectivity index (χ1v) is 4.21. The molecule has 0 atom stereocenters. The van der Waals surface area contributed by atoms with Crippen molar-refractivity contribution >= 4 is 5.97 Å². The fraction of sp³-hybridized carbons (Fsp3) is 0.714. The van der Waals surface area contributed by atoms with Crippen LogP contribution in [0.3, 0.4) is 0 Å². The third kappa shape index (κ3) is 3.09. The van der Waals surface area contributed by atoms with Gasteiger partial charge in [-0.05, 0) is 24.5 Å². The average molecular weight is 199 g/mol. The Labute approximate surface area is 81.3 Å². The summed E-state index contributed by atoms with van der Waals surface area (Å²) in [6, 6.07) is 0. The normalized spacial score (nSPS) is 10.8. The second-order valence-electron chi connectivity index (χ2n) is 3.20. The Hall–Kier alpha value is -1.50. The number of rotatable bonds is 5. The number of nitrogens with zero attached hydrogens (tertiary/aromatic N) is 5. The van der Waals surface area contributed by atoms with E-state index in [-0.39, 0.29) is 6.54 Å². The second-order valence-corrected chi connectivity index (χ2v) is 3.20. The van der Waals surface area contributed by atoms with Crippen LogP contribution in [0.4, 0.5) is 0 Å². The molecule has 0 bridgehead atoms. The van der Waals surface area contributed by atoms with Crippen LogP contribution in [-0.2, 0) is 17.8 Å². The Morgan fingerprint density at radius 1 is 1.57 bits per heavy atom. The van der Waals surface area contributed by atoms with Gasteiger partial charge in [0.25, 0.3) is 0 Å². The van der Waals surface area contributed by atoms with Gasteiger partial charge < -0.3 is 10.0 Å². The molecule has 7 nitrogen and oxygen atoms in total. The van der Waals surface area contributed by atoms with Crippen LogP contribution in [0.5, 0.6) is 0 Å². The zero-order valence-electron chi connectivity index (χ0n) is 8.21. The Kier molecular flexibility index (Phi) is 3.52. The van der Waals surface area contributed by atoms with Crippen LogP contribution in [0.25, 0.3) is 0 Å². The predicted octanol–water partition coefficient (Wildman–Crippen LogP) is -1.14. The van der Waals surface area contributed by atoms with Gasteiger partial charge in [-0.3, -0.25) is 4.79 Å². The summed E-state index contributed by atoms with van der Waals surface area (Å²) >= 11 is 0. The molecule has 0 radical (unpaired) electrons. The maximum Gasteiger partial charge on any atom is 0.325 e. The second kappa shape index (κ2) is 4.66. The van der Waals surface area contributed by atoms with Crippen molar-refractivity contribution in [1.82, 2.24) is 25.1 Å². The lowest BCUT2D eigenvalue weighted by molar-refractivity contribution is -0.138. The van der Waals surface area contributed by atoms with Crippen molar-refractivity contribution < 1.29 is 9.90 Å². The van der Waals surface area contributed by atoms with Crippen LogP contribution < -0.4 is 0 Å². The third-order valence-corrected chi connectivity index (χ3v) is 1.67. The molecule has 1 aromatic rings. The molecule has 0 saturated carbocycles. The first-order chi connectivity index (χ1) is 6.59. The minimum absolute atomic E-state index is 0.185. The molecule has 0 amide bonds. The Balaban J connectivity index is 2.58. The summed E-state index contributed by atoms with van der Waals surface area (Å²) in [4.78, 5) is 12.4. The van der Waals surface area contributed by atoms with E-state index >= 15 is 0 Å². The molecule has 0 aliphatic heterocycles. The first-order valence-electron chi connectivity index (χ1n) is 4.21. The van der Waals surface area contributed by atoms with Gasteiger partial charge in [-0.2, -0.15) is 0 Å². The molecule has 0 unspecified atom stereocenters. The number of likely N-dealkylation sites (N-methyl/N-ethyl adjacent to an activating group) is 1. The molecule has 0 aromatic carbocycles. The van der Waals surface area contributed by atoms with Gasteiger partial charge in [0, 0.05) is 13.0 Å². The molecular weight excluding hydrogens is 186 g/mol. The van der Waals surface area contributed by atoms with Gasteiger partial charge in [-0.25, -0.2) is 4.68 Å². The van der Waals surface area contributed by atoms with Gasteiger partial charge >= 0.3 is 5.97 Å². The number of hydrogen-bond acceptors (Lipinski definition) is 5. The number of aromatic nitrogens is 4. The van der Waals surface area contributed by atoms with Gasteiger partial charge in [-0.1, -0.05) is 0 Å². The highest BCUT2D eigenvalue weighted by Gasteiger charge is 2.08. The summed E-state index contributed by atoms with van der Waals surface area (Å²) in [6.45, 7) is 0.607. The zero-order valence-corrected chi connectivity index (χ0v) is 8.21. The standard InChI is InChI=1S/C7H13N5O2/c1-11(2)4-3-6-8-9-10-12(6)5-7(13)14/h3-5H2,1-2H3,(H,13,14). The van der Waals surface area contributed by atoms with Crippen LogP contribution in [0.1, 0.15) is 5.82 Å². The molecule has 7 heteroatoms. The zero-order chi connectivity index (χ0) is 10.6. The predicted molar refractivity (Wildman–Crippen MR) is 47.7 cm³/mol. The molecule has 78 valence electrons. The summed E-state index contributed by atoms with van der Waals surface area (Å²) in [7, 11) is 3.87. The van der Waals surface area contributed by atoms with E-state index in [0.29, 0.717) is 12.2 Å². The summed E-state index contributed by atoms with van der Waals surface area (Å²) in [5, 5.41) is 19.3. The van der Waals surface area contributed by atoms with Gasteiger partial charge in [0.2, 0.25) is 0 Å². The summed E-state index contributed by atoms with van der Waals surface area (Å²) in [5.41, 5.74) is 0. The third-order valence-electron chi connectivity index (χ3n) is 1.67. The molecule has 1 heterocycles. The lowest BCUT2D eigenvalue weighted by Crippen LogP contribution is -2.19. The van der Waals surface area contributed by atoms with E-state index < -0.39 is 5.97 Å². The molecule has 0 saturated heterocycles. The smallest absolute Gasteiger partial charge is 0.325 e. The van der Waals surface area contributed by atoms with Crippen molar-refractivity contribution in [1.29, 1.82) is 0 Å². The average Bonchev–Trinajstić information content (AvgIpc) is 2.47. The van der Waals surface area contributed by atoms with Crippen LogP contribution in [0, 0.1) is 0 Å². The lowest BCUT2D eigenvalue weighted by Gasteiger charge is -2.07. The summed E-state index contributed by atoms with van der Waals surface area (Å²) in [5.74, 6) is -0.343. The van der Waals surface area contributed by atoms with E-state index in [1.807, 2.05) is 19.0 Å². The van der Waals surface area contributed by atoms with Gasteiger partial charge in [-0.15, -0.1) is 5.10 Å². The monoisotopic (exact) mass is 199 g/mol. The van der Waals surface area contributed by atoms with Crippen molar-refractivity contribution in [2.75, 3.05) is 20.6 Å². The minimum atomic E-state index is -0.941. The van der Waals surface area contributed by atoms with Crippen LogP contribution >= 0.6 is 0 Å². The highest BCUT2D eigenvalue weighted by atomic mass is 16.4. The van der Waals surface area contributed by atoms with Crippen LogP contribution in [0.2, 0.25) is 0 Å². The molecule has 0 fully saturated rings. The number of carboxylic acid groups (broad SMARTS) is 1. The molecular formula is C7H13N5O2. The topological polar surface area (TPSA) is 84.1 Å². The van der Waals surface area contributed by atoms with E-state index in [9.17, 15) is 4.79 Å². The summed E-state index contributed by atoms with van der Waals surface area (Å²) < 4.78 is 1.30. The molecule has 1 rings (SSSR count). The van der Waals surface area contributed by atoms with Crippen molar-refractivity contribution in [2.24, 2.45) is 0 Å². The largest absolute Gasteiger partial charge is 0.480 e. The lowest BCUT2D eigenvalue weighted by atomic mass is 10.4. The highest BCUT2D eigenvalue weighted by molar-refractivity contribution is 5.66. The summed E-state index contributed by atoms with van der Waals surface area (Å²) in [6.07, 6.45) is 0.646. The van der Waals surface area contributed by atoms with Gasteiger partial charge in [0.15, 0.2) is 5.82 Å². The van der Waals surface area contributed by atoms with Crippen molar-refractivity contribution in [3.63, 3.8) is 0 Å². The quantitative estimate of drug-likeness (QED) is 0.645. The maximum atomic E-state index is 10.4. The van der Waals surface area contributed by atoms with E-state index in [0.717, 1.165) is 6.54 Å². The molecule has 1 aromatic heterocycles. The van der Waals surface area contributed by atoms with Crippen LogP contribution in [-0.4, -0.2) is 56.8 Å². The van der Waals surface area contributed by atoms with Crippen molar-refractivity contribution in [3.05, 3.63) is 5.82 Å². The highest BCUT2D eigenvalue weighted by Crippen LogP contribution is 1.94. The molecule has 0 aliphatic rings. The Bertz CT molecular complexity index is 309. The molecule has 0 spiro atoms. The minimum Gasteiger partial charge on any atom is -0.480 e. The fourth-order valence-electron chi connectivity index (χ4n) is 0.977. The molecule has 14 heavy (non-hydrogen) atoms. The Morgan fingerprint density at radius 2 is 2.29 bits per heavy atom. The SMILES string of the molecule is CN(C)CCc1nnnn1CC(=O)O. The Morgan fingerprint density at radius 3 is 2.86 bits per heavy atom. The number of carboxylic acids is 1. The number of hydrogen-bond donors (Lipinski definition) is 1. The number of carbonyl (C=O) groups is 1. The van der Waals surface area contributed by atoms with E-state index in [1.165, 1.54) is 4.68 Å². The molecule has 0 aliphatic carbocycles. The number of aliphatic carboxylic acids is 1. The van der Waals surface area contributed by atoms with Crippen LogP contribution in [0.15, 0.2) is 0 Å². The van der Waals surface area contributed by atoms with Crippen molar-refractivity contribution in [2.45, 2.75) is 13.0 Å². The van der Waals surface area contributed by atoms with E-state index in [1.54, 1.807) is 0 Å². The van der Waals surface area contributed by atoms with E-state index in [4.69, 9.17) is 5.11 Å². The maximum absolute atomic E-state index is 10.4. The van der Waals surface area contributed by atoms with Crippen molar-refractivity contribution in [3.8, 4) is 0 Å². The van der Waals surface area contributed by atoms with Gasteiger partial charge in [0.05, 0.1) is 0 Å². The first kappa shape index (κ1) is 10.6.